The van der Waals surface area contributed by atoms with Crippen molar-refractivity contribution in [1.82, 2.24) is 0 Å². The van der Waals surface area contributed by atoms with Gasteiger partial charge in [0.15, 0.2) is 0 Å². The molecule has 110 valence electrons. The van der Waals surface area contributed by atoms with E-state index in [1.807, 2.05) is 24.3 Å². The van der Waals surface area contributed by atoms with Crippen LogP contribution in [-0.2, 0) is 9.53 Å². The lowest BCUT2D eigenvalue weighted by molar-refractivity contribution is -0.148. The maximum atomic E-state index is 11.8. The molecule has 1 aliphatic rings. The maximum Gasteiger partial charge on any atom is 0.329 e. The van der Waals surface area contributed by atoms with Crippen molar-refractivity contribution in [3.8, 4) is 0 Å². The molecule has 1 aromatic rings. The van der Waals surface area contributed by atoms with Crippen molar-refractivity contribution >= 4 is 27.6 Å². The van der Waals surface area contributed by atoms with E-state index in [2.05, 4.69) is 28.2 Å². The van der Waals surface area contributed by atoms with Crippen LogP contribution in [0, 0.1) is 0 Å². The van der Waals surface area contributed by atoms with Crippen LogP contribution in [0.4, 0.5) is 5.69 Å². The van der Waals surface area contributed by atoms with Crippen LogP contribution >= 0.6 is 15.9 Å². The van der Waals surface area contributed by atoms with E-state index in [4.69, 9.17) is 4.74 Å². The minimum Gasteiger partial charge on any atom is -0.480 e. The maximum absolute atomic E-state index is 11.8. The fourth-order valence-electron chi connectivity index (χ4n) is 2.63. The smallest absolute Gasteiger partial charge is 0.329 e. The molecule has 0 bridgehead atoms. The van der Waals surface area contributed by atoms with Gasteiger partial charge in [-0.1, -0.05) is 29.3 Å². The van der Waals surface area contributed by atoms with Crippen LogP contribution < -0.4 is 5.32 Å². The van der Waals surface area contributed by atoms with Gasteiger partial charge in [0.05, 0.1) is 6.10 Å². The second-order valence-electron chi connectivity index (χ2n) is 5.25. The number of rotatable bonds is 5. The van der Waals surface area contributed by atoms with Crippen LogP contribution in [0.15, 0.2) is 28.7 Å². The van der Waals surface area contributed by atoms with Gasteiger partial charge in [0, 0.05) is 29.6 Å². The lowest BCUT2D eigenvalue weighted by atomic mass is 9.85. The molecule has 4 nitrogen and oxygen atoms in total. The van der Waals surface area contributed by atoms with Gasteiger partial charge >= 0.3 is 5.97 Å². The molecule has 1 saturated heterocycles. The van der Waals surface area contributed by atoms with E-state index in [-0.39, 0.29) is 6.10 Å². The van der Waals surface area contributed by atoms with Gasteiger partial charge in [-0.25, -0.2) is 4.79 Å². The number of carboxylic acid groups (broad SMARTS) is 1. The average molecular weight is 342 g/mol. The lowest BCUT2D eigenvalue weighted by Crippen LogP contribution is -2.53. The van der Waals surface area contributed by atoms with Crippen molar-refractivity contribution in [1.29, 1.82) is 0 Å². The highest BCUT2D eigenvalue weighted by Crippen LogP contribution is 2.31. The van der Waals surface area contributed by atoms with Crippen LogP contribution in [0.2, 0.25) is 0 Å². The van der Waals surface area contributed by atoms with E-state index in [1.54, 1.807) is 0 Å². The minimum atomic E-state index is -0.925. The monoisotopic (exact) mass is 341 g/mol. The summed E-state index contributed by atoms with van der Waals surface area (Å²) in [6.07, 6.45) is 2.91. The summed E-state index contributed by atoms with van der Waals surface area (Å²) in [5.74, 6) is -0.801. The molecule has 0 radical (unpaired) electrons. The summed E-state index contributed by atoms with van der Waals surface area (Å²) in [5, 5.41) is 12.9. The molecule has 1 fully saturated rings. The third-order valence-electron chi connectivity index (χ3n) is 3.71. The molecule has 0 spiro atoms. The highest BCUT2D eigenvalue weighted by atomic mass is 79.9. The van der Waals surface area contributed by atoms with Crippen LogP contribution in [0.5, 0.6) is 0 Å². The Balaban J connectivity index is 2.16. The Kier molecular flexibility index (Phi) is 5.05. The number of carboxylic acids is 1. The first-order valence-corrected chi connectivity index (χ1v) is 7.74. The molecule has 2 atom stereocenters. The van der Waals surface area contributed by atoms with E-state index >= 15 is 0 Å². The van der Waals surface area contributed by atoms with Crippen molar-refractivity contribution in [2.75, 3.05) is 11.9 Å². The molecule has 2 rings (SSSR count). The fourth-order valence-corrected chi connectivity index (χ4v) is 2.89. The molecule has 1 aromatic carbocycles. The van der Waals surface area contributed by atoms with Gasteiger partial charge < -0.3 is 15.2 Å². The van der Waals surface area contributed by atoms with Crippen molar-refractivity contribution < 1.29 is 14.6 Å². The Morgan fingerprint density at radius 3 is 2.80 bits per heavy atom. The highest BCUT2D eigenvalue weighted by Gasteiger charge is 2.43. The number of benzene rings is 1. The summed E-state index contributed by atoms with van der Waals surface area (Å²) in [5.41, 5.74) is -0.0981. The first kappa shape index (κ1) is 15.3. The molecule has 2 N–H and O–H groups in total. The highest BCUT2D eigenvalue weighted by molar-refractivity contribution is 9.10. The van der Waals surface area contributed by atoms with Crippen LogP contribution in [0.1, 0.15) is 32.6 Å². The predicted octanol–water partition coefficient (Wildman–Crippen LogP) is 3.66. The molecular weight excluding hydrogens is 322 g/mol. The Morgan fingerprint density at radius 2 is 2.20 bits per heavy atom. The third-order valence-corrected chi connectivity index (χ3v) is 4.24. The average Bonchev–Trinajstić information content (AvgIpc) is 2.42. The molecule has 0 amide bonds. The first-order chi connectivity index (χ1) is 9.55. The third kappa shape index (κ3) is 3.52. The Labute approximate surface area is 127 Å². The Hall–Kier alpha value is -1.07. The molecule has 0 aliphatic carbocycles. The number of carbonyl (C=O) groups is 1. The molecule has 20 heavy (non-hydrogen) atoms. The molecule has 5 heteroatoms. The number of hydrogen-bond donors (Lipinski definition) is 2. The van der Waals surface area contributed by atoms with E-state index < -0.39 is 11.5 Å². The lowest BCUT2D eigenvalue weighted by Gasteiger charge is -2.39. The van der Waals surface area contributed by atoms with Gasteiger partial charge in [-0.3, -0.25) is 0 Å². The molecule has 2 unspecified atom stereocenters. The number of anilines is 1. The largest absolute Gasteiger partial charge is 0.480 e. The van der Waals surface area contributed by atoms with E-state index in [9.17, 15) is 9.90 Å². The number of ether oxygens (including phenoxy) is 1. The van der Waals surface area contributed by atoms with E-state index in [1.165, 1.54) is 0 Å². The van der Waals surface area contributed by atoms with Crippen LogP contribution in [-0.4, -0.2) is 29.3 Å². The predicted molar refractivity (Wildman–Crippen MR) is 82.0 cm³/mol. The molecular formula is C15H20BrNO3. The van der Waals surface area contributed by atoms with Crippen LogP contribution in [0.25, 0.3) is 0 Å². The molecule has 1 aliphatic heterocycles. The molecule has 0 aromatic heterocycles. The summed E-state index contributed by atoms with van der Waals surface area (Å²) in [7, 11) is 0. The van der Waals surface area contributed by atoms with Gasteiger partial charge in [0.1, 0.15) is 5.54 Å². The molecule has 0 saturated carbocycles. The quantitative estimate of drug-likeness (QED) is 0.857. The number of nitrogens with one attached hydrogen (secondary N) is 1. The van der Waals surface area contributed by atoms with Gasteiger partial charge in [-0.15, -0.1) is 0 Å². The normalized spacial score (nSPS) is 26.2. The number of aliphatic carboxylic acids is 1. The number of hydrogen-bond acceptors (Lipinski definition) is 3. The summed E-state index contributed by atoms with van der Waals surface area (Å²) < 4.78 is 6.65. The van der Waals surface area contributed by atoms with Crippen molar-refractivity contribution in [2.45, 2.75) is 44.2 Å². The zero-order chi connectivity index (χ0) is 14.6. The Morgan fingerprint density at radius 1 is 1.50 bits per heavy atom. The SMILES string of the molecule is CCCC1CC(Nc2ccc(Br)cc2)(C(=O)O)CCO1. The zero-order valence-corrected chi connectivity index (χ0v) is 13.1. The van der Waals surface area contributed by atoms with Crippen molar-refractivity contribution in [2.24, 2.45) is 0 Å². The van der Waals surface area contributed by atoms with Gasteiger partial charge in [-0.2, -0.15) is 0 Å². The molecule has 1 heterocycles. The summed E-state index contributed by atoms with van der Waals surface area (Å²) >= 11 is 3.38. The summed E-state index contributed by atoms with van der Waals surface area (Å²) in [6.45, 7) is 2.57. The minimum absolute atomic E-state index is 0.0211. The summed E-state index contributed by atoms with van der Waals surface area (Å²) in [4.78, 5) is 11.8. The fraction of sp³-hybridized carbons (Fsp3) is 0.533. The van der Waals surface area contributed by atoms with Gasteiger partial charge in [0.2, 0.25) is 0 Å². The second kappa shape index (κ2) is 6.59. The van der Waals surface area contributed by atoms with Gasteiger partial charge in [0.25, 0.3) is 0 Å². The van der Waals surface area contributed by atoms with E-state index in [0.29, 0.717) is 19.4 Å². The Bertz CT molecular complexity index is 461. The van der Waals surface area contributed by atoms with Crippen LogP contribution in [0.3, 0.4) is 0 Å². The van der Waals surface area contributed by atoms with Crippen molar-refractivity contribution in [3.05, 3.63) is 28.7 Å². The van der Waals surface area contributed by atoms with E-state index in [0.717, 1.165) is 23.0 Å². The first-order valence-electron chi connectivity index (χ1n) is 6.94. The summed E-state index contributed by atoms with van der Waals surface area (Å²) in [6, 6.07) is 7.58. The standard InChI is InChI=1S/C15H20BrNO3/c1-2-3-13-10-15(14(18)19,8-9-20-13)17-12-6-4-11(16)5-7-12/h4-7,13,17H,2-3,8-10H2,1H3,(H,18,19). The number of halogens is 1. The van der Waals surface area contributed by atoms with Crippen molar-refractivity contribution in [3.63, 3.8) is 0 Å². The zero-order valence-electron chi connectivity index (χ0n) is 11.6. The second-order valence-corrected chi connectivity index (χ2v) is 6.17. The van der Waals surface area contributed by atoms with Gasteiger partial charge in [-0.05, 0) is 30.7 Å². The topological polar surface area (TPSA) is 58.6 Å².